The Morgan fingerprint density at radius 2 is 2.15 bits per heavy atom. The molecule has 0 atom stereocenters. The molecule has 0 bridgehead atoms. The average molecular weight is 183 g/mol. The Kier molecular flexibility index (Phi) is 2.27. The van der Waals surface area contributed by atoms with Gasteiger partial charge in [-0.25, -0.2) is 4.79 Å². The quantitative estimate of drug-likeness (QED) is 0.586. The van der Waals surface area contributed by atoms with Gasteiger partial charge >= 0.3 is 5.97 Å². The molecule has 0 saturated heterocycles. The third-order valence-corrected chi connectivity index (χ3v) is 1.58. The lowest BCUT2D eigenvalue weighted by Gasteiger charge is -2.06. The molecule has 0 saturated carbocycles. The maximum absolute atomic E-state index is 10.5. The molecule has 0 spiro atoms. The molecule has 0 aromatic heterocycles. The third kappa shape index (κ3) is 1.64. The zero-order valence-electron chi connectivity index (χ0n) is 6.94. The Labute approximate surface area is 74.4 Å². The zero-order chi connectivity index (χ0) is 10.0. The van der Waals surface area contributed by atoms with Gasteiger partial charge in [0.1, 0.15) is 17.1 Å². The van der Waals surface area contributed by atoms with Crippen LogP contribution in [-0.4, -0.2) is 23.3 Å². The van der Waals surface area contributed by atoms with Crippen LogP contribution in [0.4, 0.5) is 5.69 Å². The van der Waals surface area contributed by atoms with E-state index in [1.54, 1.807) is 0 Å². The molecular weight excluding hydrogens is 174 g/mol. The summed E-state index contributed by atoms with van der Waals surface area (Å²) < 4.78 is 4.79. The van der Waals surface area contributed by atoms with Crippen molar-refractivity contribution in [3.63, 3.8) is 0 Å². The van der Waals surface area contributed by atoms with Gasteiger partial charge in [-0.1, -0.05) is 0 Å². The minimum absolute atomic E-state index is 0.199. The number of carboxylic acids is 1. The Morgan fingerprint density at radius 3 is 2.62 bits per heavy atom. The number of carboxylic acid groups (broad SMARTS) is 1. The number of nitrogens with two attached hydrogens (primary N) is 1. The van der Waals surface area contributed by atoms with Gasteiger partial charge in [-0.3, -0.25) is 0 Å². The van der Waals surface area contributed by atoms with Gasteiger partial charge in [0.05, 0.1) is 12.8 Å². The van der Waals surface area contributed by atoms with Crippen molar-refractivity contribution in [1.82, 2.24) is 0 Å². The summed E-state index contributed by atoms with van der Waals surface area (Å²) in [4.78, 5) is 10.5. The molecule has 70 valence electrons. The predicted octanol–water partition coefficient (Wildman–Crippen LogP) is 0.681. The molecule has 0 radical (unpaired) electrons. The Bertz CT molecular complexity index is 348. The van der Waals surface area contributed by atoms with E-state index in [2.05, 4.69) is 0 Å². The number of phenols is 1. The first-order chi connectivity index (χ1) is 6.06. The van der Waals surface area contributed by atoms with E-state index in [-0.39, 0.29) is 22.7 Å². The number of hydrogen-bond donors (Lipinski definition) is 3. The fourth-order valence-electron chi connectivity index (χ4n) is 0.933. The van der Waals surface area contributed by atoms with Gasteiger partial charge in [0.15, 0.2) is 0 Å². The second-order valence-electron chi connectivity index (χ2n) is 2.42. The lowest BCUT2D eigenvalue weighted by atomic mass is 10.1. The summed E-state index contributed by atoms with van der Waals surface area (Å²) in [5, 5.41) is 17.8. The van der Waals surface area contributed by atoms with E-state index < -0.39 is 5.97 Å². The zero-order valence-corrected chi connectivity index (χ0v) is 6.94. The number of ether oxygens (including phenoxy) is 1. The first kappa shape index (κ1) is 9.18. The van der Waals surface area contributed by atoms with Crippen molar-refractivity contribution in [3.05, 3.63) is 17.7 Å². The van der Waals surface area contributed by atoms with Crippen LogP contribution in [0.1, 0.15) is 10.4 Å². The van der Waals surface area contributed by atoms with Crippen molar-refractivity contribution in [3.8, 4) is 11.5 Å². The molecule has 4 N–H and O–H groups in total. The molecule has 0 amide bonds. The summed E-state index contributed by atoms with van der Waals surface area (Å²) in [6, 6.07) is 2.31. The summed E-state index contributed by atoms with van der Waals surface area (Å²) in [7, 11) is 1.37. The smallest absolute Gasteiger partial charge is 0.339 e. The molecule has 0 unspecified atom stereocenters. The number of nitrogen functional groups attached to an aromatic ring is 1. The molecule has 0 fully saturated rings. The second-order valence-corrected chi connectivity index (χ2v) is 2.42. The standard InChI is InChI=1S/C8H9NO4/c1-13-7-2-4(8(11)12)6(10)3-5(7)9/h2-3,10H,9H2,1H3,(H,11,12). The number of anilines is 1. The van der Waals surface area contributed by atoms with Crippen LogP contribution < -0.4 is 10.5 Å². The molecule has 0 aliphatic rings. The van der Waals surface area contributed by atoms with E-state index >= 15 is 0 Å². The van der Waals surface area contributed by atoms with Gasteiger partial charge in [-0.05, 0) is 0 Å². The molecule has 5 heteroatoms. The van der Waals surface area contributed by atoms with Crippen LogP contribution >= 0.6 is 0 Å². The number of benzene rings is 1. The number of aromatic carboxylic acids is 1. The third-order valence-electron chi connectivity index (χ3n) is 1.58. The summed E-state index contributed by atoms with van der Waals surface area (Å²) in [6.07, 6.45) is 0. The van der Waals surface area contributed by atoms with Gasteiger partial charge in [-0.2, -0.15) is 0 Å². The Balaban J connectivity index is 3.30. The number of hydrogen-bond acceptors (Lipinski definition) is 4. The lowest BCUT2D eigenvalue weighted by molar-refractivity contribution is 0.0693. The van der Waals surface area contributed by atoms with Crippen molar-refractivity contribution in [2.24, 2.45) is 0 Å². The van der Waals surface area contributed by atoms with Crippen LogP contribution in [0.25, 0.3) is 0 Å². The summed E-state index contributed by atoms with van der Waals surface area (Å²) >= 11 is 0. The van der Waals surface area contributed by atoms with Gasteiger partial charge in [-0.15, -0.1) is 0 Å². The molecule has 0 heterocycles. The van der Waals surface area contributed by atoms with Crippen molar-refractivity contribution in [1.29, 1.82) is 0 Å². The van der Waals surface area contributed by atoms with E-state index in [1.165, 1.54) is 13.2 Å². The number of rotatable bonds is 2. The fraction of sp³-hybridized carbons (Fsp3) is 0.125. The molecule has 0 aliphatic heterocycles. The fourth-order valence-corrected chi connectivity index (χ4v) is 0.933. The highest BCUT2D eigenvalue weighted by Crippen LogP contribution is 2.29. The van der Waals surface area contributed by atoms with Gasteiger partial charge < -0.3 is 20.7 Å². The van der Waals surface area contributed by atoms with Crippen molar-refractivity contribution in [2.45, 2.75) is 0 Å². The maximum atomic E-state index is 10.5. The maximum Gasteiger partial charge on any atom is 0.339 e. The minimum atomic E-state index is -1.23. The first-order valence-corrected chi connectivity index (χ1v) is 3.46. The van der Waals surface area contributed by atoms with E-state index in [4.69, 9.17) is 20.7 Å². The monoisotopic (exact) mass is 183 g/mol. The highest BCUT2D eigenvalue weighted by Gasteiger charge is 2.13. The second kappa shape index (κ2) is 3.22. The van der Waals surface area contributed by atoms with Crippen molar-refractivity contribution >= 4 is 11.7 Å². The van der Waals surface area contributed by atoms with E-state index in [1.807, 2.05) is 0 Å². The van der Waals surface area contributed by atoms with Crippen LogP contribution in [0.3, 0.4) is 0 Å². The molecular formula is C8H9NO4. The van der Waals surface area contributed by atoms with Crippen LogP contribution in [0.5, 0.6) is 11.5 Å². The normalized spacial score (nSPS) is 9.62. The summed E-state index contributed by atoms with van der Waals surface area (Å²) in [6.45, 7) is 0. The molecule has 1 rings (SSSR count). The van der Waals surface area contributed by atoms with E-state index in [0.29, 0.717) is 0 Å². The SMILES string of the molecule is COc1cc(C(=O)O)c(O)cc1N. The summed E-state index contributed by atoms with van der Waals surface area (Å²) in [5.41, 5.74) is 5.39. The highest BCUT2D eigenvalue weighted by atomic mass is 16.5. The number of aromatic hydroxyl groups is 1. The van der Waals surface area contributed by atoms with Crippen LogP contribution in [0.2, 0.25) is 0 Å². The van der Waals surface area contributed by atoms with Crippen LogP contribution in [0, 0.1) is 0 Å². The lowest BCUT2D eigenvalue weighted by Crippen LogP contribution is -2.00. The molecule has 13 heavy (non-hydrogen) atoms. The average Bonchev–Trinajstić information content (AvgIpc) is 2.03. The van der Waals surface area contributed by atoms with E-state index in [0.717, 1.165) is 6.07 Å². The van der Waals surface area contributed by atoms with E-state index in [9.17, 15) is 4.79 Å². The number of methoxy groups -OCH3 is 1. The first-order valence-electron chi connectivity index (χ1n) is 3.46. The molecule has 1 aromatic carbocycles. The minimum Gasteiger partial charge on any atom is -0.507 e. The molecule has 1 aromatic rings. The van der Waals surface area contributed by atoms with Crippen LogP contribution in [-0.2, 0) is 0 Å². The Morgan fingerprint density at radius 1 is 1.54 bits per heavy atom. The van der Waals surface area contributed by atoms with Crippen molar-refractivity contribution in [2.75, 3.05) is 12.8 Å². The number of carbonyl (C=O) groups is 1. The topological polar surface area (TPSA) is 92.8 Å². The highest BCUT2D eigenvalue weighted by molar-refractivity contribution is 5.92. The summed E-state index contributed by atoms with van der Waals surface area (Å²) in [5.74, 6) is -1.36. The van der Waals surface area contributed by atoms with Crippen LogP contribution in [0.15, 0.2) is 12.1 Å². The molecule has 0 aliphatic carbocycles. The molecule has 5 nitrogen and oxygen atoms in total. The van der Waals surface area contributed by atoms with Crippen molar-refractivity contribution < 1.29 is 19.7 Å². The predicted molar refractivity (Wildman–Crippen MR) is 46.0 cm³/mol. The van der Waals surface area contributed by atoms with Gasteiger partial charge in [0.25, 0.3) is 0 Å². The Hall–Kier alpha value is -1.91. The largest absolute Gasteiger partial charge is 0.507 e. The van der Waals surface area contributed by atoms with Gasteiger partial charge in [0.2, 0.25) is 0 Å². The van der Waals surface area contributed by atoms with Gasteiger partial charge in [0, 0.05) is 12.1 Å².